The molecule has 4 heteroatoms. The van der Waals surface area contributed by atoms with Crippen molar-refractivity contribution in [1.29, 1.82) is 0 Å². The lowest BCUT2D eigenvalue weighted by Crippen LogP contribution is -2.32. The van der Waals surface area contributed by atoms with Gasteiger partial charge in [0.2, 0.25) is 0 Å². The van der Waals surface area contributed by atoms with Gasteiger partial charge < -0.3 is 8.85 Å². The molecule has 0 heterocycles. The van der Waals surface area contributed by atoms with E-state index in [9.17, 15) is 0 Å². The summed E-state index contributed by atoms with van der Waals surface area (Å²) >= 11 is 0. The summed E-state index contributed by atoms with van der Waals surface area (Å²) in [5.74, 6) is 0. The van der Waals surface area contributed by atoms with Crippen LogP contribution in [0.15, 0.2) is 24.3 Å². The van der Waals surface area contributed by atoms with E-state index in [0.717, 1.165) is 12.1 Å². The van der Waals surface area contributed by atoms with Gasteiger partial charge in [0.05, 0.1) is 0 Å². The smallest absolute Gasteiger partial charge is 0.190 e. The lowest BCUT2D eigenvalue weighted by Gasteiger charge is -2.21. The molecule has 0 saturated heterocycles. The van der Waals surface area contributed by atoms with Gasteiger partial charge in [0, 0.05) is 14.2 Å². The molecule has 0 amide bonds. The Labute approximate surface area is 114 Å². The average molecular weight is 283 g/mol. The van der Waals surface area contributed by atoms with Gasteiger partial charge in [-0.1, -0.05) is 24.3 Å². The minimum absolute atomic E-state index is 1.08. The van der Waals surface area contributed by atoms with Crippen LogP contribution in [-0.4, -0.2) is 30.9 Å². The molecule has 1 rings (SSSR count). The molecule has 0 aliphatic rings. The lowest BCUT2D eigenvalue weighted by atomic mass is 10.2. The monoisotopic (exact) mass is 282 g/mol. The number of hydrogen-bond donors (Lipinski definition) is 0. The summed E-state index contributed by atoms with van der Waals surface area (Å²) in [5.41, 5.74) is 2.77. The van der Waals surface area contributed by atoms with Gasteiger partial charge >= 0.3 is 0 Å². The summed E-state index contributed by atoms with van der Waals surface area (Å²) in [6, 6.07) is 11.1. The van der Waals surface area contributed by atoms with Crippen LogP contribution in [-0.2, 0) is 20.9 Å². The Morgan fingerprint density at radius 1 is 0.722 bits per heavy atom. The fraction of sp³-hybridized carbons (Fsp3) is 0.571. The molecule has 0 aliphatic carbocycles. The van der Waals surface area contributed by atoms with E-state index in [4.69, 9.17) is 8.85 Å². The predicted molar refractivity (Wildman–Crippen MR) is 82.8 cm³/mol. The van der Waals surface area contributed by atoms with E-state index in [1.807, 2.05) is 14.2 Å². The van der Waals surface area contributed by atoms with Crippen LogP contribution in [0.4, 0.5) is 0 Å². The molecule has 0 atom stereocenters. The zero-order valence-electron chi connectivity index (χ0n) is 12.5. The fourth-order valence-electron chi connectivity index (χ4n) is 1.90. The molecule has 0 N–H and O–H groups in total. The van der Waals surface area contributed by atoms with Crippen LogP contribution in [0.2, 0.25) is 26.2 Å². The van der Waals surface area contributed by atoms with Crippen molar-refractivity contribution >= 4 is 16.6 Å². The Balaban J connectivity index is 2.69. The van der Waals surface area contributed by atoms with Crippen molar-refractivity contribution in [2.75, 3.05) is 14.2 Å². The van der Waals surface area contributed by atoms with E-state index in [1.54, 1.807) is 0 Å². The first kappa shape index (κ1) is 15.6. The highest BCUT2D eigenvalue weighted by atomic mass is 28.4. The van der Waals surface area contributed by atoms with E-state index in [-0.39, 0.29) is 0 Å². The molecule has 18 heavy (non-hydrogen) atoms. The lowest BCUT2D eigenvalue weighted by molar-refractivity contribution is 0.402. The maximum atomic E-state index is 5.60. The van der Waals surface area contributed by atoms with Crippen molar-refractivity contribution in [3.05, 3.63) is 35.4 Å². The molecule has 102 valence electrons. The summed E-state index contributed by atoms with van der Waals surface area (Å²) in [6.45, 7) is 9.01. The zero-order valence-corrected chi connectivity index (χ0v) is 14.5. The van der Waals surface area contributed by atoms with Gasteiger partial charge in [0.15, 0.2) is 16.6 Å². The molecule has 0 aliphatic heterocycles. The highest BCUT2D eigenvalue weighted by Gasteiger charge is 2.22. The van der Waals surface area contributed by atoms with Crippen LogP contribution in [0, 0.1) is 0 Å². The summed E-state index contributed by atoms with van der Waals surface area (Å²) in [7, 11) is 0.643. The van der Waals surface area contributed by atoms with Crippen molar-refractivity contribution in [3.8, 4) is 0 Å². The van der Waals surface area contributed by atoms with Crippen LogP contribution in [0.5, 0.6) is 0 Å². The topological polar surface area (TPSA) is 18.5 Å². The van der Waals surface area contributed by atoms with Crippen molar-refractivity contribution in [2.45, 2.75) is 38.3 Å². The van der Waals surface area contributed by atoms with E-state index in [2.05, 4.69) is 50.5 Å². The number of hydrogen-bond acceptors (Lipinski definition) is 2. The first-order valence-electron chi connectivity index (χ1n) is 6.46. The molecule has 0 saturated carbocycles. The Kier molecular flexibility index (Phi) is 5.34. The Hall–Kier alpha value is -0.426. The molecule has 0 aromatic heterocycles. The zero-order chi connectivity index (χ0) is 13.8. The highest BCUT2D eigenvalue weighted by molar-refractivity contribution is 6.71. The molecule has 0 unspecified atom stereocenters. The molecule has 0 spiro atoms. The summed E-state index contributed by atoms with van der Waals surface area (Å²) < 4.78 is 11.2. The number of benzene rings is 1. The molecular weight excluding hydrogens is 256 g/mol. The summed E-state index contributed by atoms with van der Waals surface area (Å²) in [4.78, 5) is 0. The highest BCUT2D eigenvalue weighted by Crippen LogP contribution is 2.16. The van der Waals surface area contributed by atoms with Crippen molar-refractivity contribution in [2.24, 2.45) is 0 Å². The van der Waals surface area contributed by atoms with Crippen molar-refractivity contribution in [3.63, 3.8) is 0 Å². The van der Waals surface area contributed by atoms with Gasteiger partial charge in [-0.25, -0.2) is 0 Å². The van der Waals surface area contributed by atoms with Crippen molar-refractivity contribution in [1.82, 2.24) is 0 Å². The Morgan fingerprint density at radius 3 is 1.22 bits per heavy atom. The van der Waals surface area contributed by atoms with Crippen molar-refractivity contribution < 1.29 is 8.85 Å². The van der Waals surface area contributed by atoms with Crippen LogP contribution < -0.4 is 0 Å². The van der Waals surface area contributed by atoms with E-state index < -0.39 is 16.6 Å². The standard InChI is InChI=1S/C14H26O2Si2/c1-15-17(3,4)11-13-7-9-14(10-8-13)12-18(5,6)16-2/h7-10H,11-12H2,1-6H3. The van der Waals surface area contributed by atoms with Gasteiger partial charge in [-0.15, -0.1) is 0 Å². The second-order valence-electron chi connectivity index (χ2n) is 6.10. The molecule has 1 aromatic carbocycles. The largest absolute Gasteiger partial charge is 0.420 e. The molecule has 1 aromatic rings. The Bertz CT molecular complexity index is 335. The minimum atomic E-state index is -1.51. The molecule has 2 nitrogen and oxygen atoms in total. The third kappa shape index (κ3) is 5.06. The van der Waals surface area contributed by atoms with Gasteiger partial charge in [-0.05, 0) is 49.4 Å². The third-order valence-electron chi connectivity index (χ3n) is 3.39. The van der Waals surface area contributed by atoms with Crippen LogP contribution in [0.3, 0.4) is 0 Å². The molecule has 0 radical (unpaired) electrons. The third-order valence-corrected chi connectivity index (χ3v) is 8.12. The van der Waals surface area contributed by atoms with Gasteiger partial charge in [-0.2, -0.15) is 0 Å². The first-order valence-corrected chi connectivity index (χ1v) is 12.7. The molecule has 0 fully saturated rings. The van der Waals surface area contributed by atoms with Crippen LogP contribution in [0.25, 0.3) is 0 Å². The minimum Gasteiger partial charge on any atom is -0.420 e. The van der Waals surface area contributed by atoms with Gasteiger partial charge in [0.1, 0.15) is 0 Å². The molecular formula is C14H26O2Si2. The fourth-order valence-corrected chi connectivity index (χ4v) is 4.63. The normalized spacial score (nSPS) is 12.8. The SMILES string of the molecule is CO[Si](C)(C)Cc1ccc(C[Si](C)(C)OC)cc1. The maximum absolute atomic E-state index is 5.60. The van der Waals surface area contributed by atoms with E-state index in [0.29, 0.717) is 0 Å². The first-order chi connectivity index (χ1) is 8.28. The summed E-state index contributed by atoms with van der Waals surface area (Å²) in [5, 5.41) is 0. The summed E-state index contributed by atoms with van der Waals surface area (Å²) in [6.07, 6.45) is 0. The van der Waals surface area contributed by atoms with Crippen LogP contribution >= 0.6 is 0 Å². The predicted octanol–water partition coefficient (Wildman–Crippen LogP) is 3.55. The number of rotatable bonds is 6. The van der Waals surface area contributed by atoms with E-state index >= 15 is 0 Å². The average Bonchev–Trinajstić information content (AvgIpc) is 2.31. The maximum Gasteiger partial charge on any atom is 0.190 e. The Morgan fingerprint density at radius 2 is 1.00 bits per heavy atom. The van der Waals surface area contributed by atoms with Crippen LogP contribution in [0.1, 0.15) is 11.1 Å². The van der Waals surface area contributed by atoms with Gasteiger partial charge in [-0.3, -0.25) is 0 Å². The quantitative estimate of drug-likeness (QED) is 0.743. The van der Waals surface area contributed by atoms with E-state index in [1.165, 1.54) is 11.1 Å². The second kappa shape index (κ2) is 6.15. The molecule has 0 bridgehead atoms. The second-order valence-corrected chi connectivity index (χ2v) is 14.7. The van der Waals surface area contributed by atoms with Gasteiger partial charge in [0.25, 0.3) is 0 Å².